The van der Waals surface area contributed by atoms with Gasteiger partial charge in [0.15, 0.2) is 0 Å². The average Bonchev–Trinajstić information content (AvgIpc) is 3.58. The van der Waals surface area contributed by atoms with Crippen LogP contribution in [0.3, 0.4) is 0 Å². The third kappa shape index (κ3) is 7.31. The number of carbonyl (C=O) groups excluding carboxylic acids is 2. The molecule has 10 nitrogen and oxygen atoms in total. The lowest BCUT2D eigenvalue weighted by Gasteiger charge is -2.29. The number of benzene rings is 3. The Morgan fingerprint density at radius 1 is 0.920 bits per heavy atom. The zero-order valence-electron chi connectivity index (χ0n) is 29.4. The summed E-state index contributed by atoms with van der Waals surface area (Å²) in [5.74, 6) is 1.84. The van der Waals surface area contributed by atoms with Crippen LogP contribution in [0.2, 0.25) is 0 Å². The monoisotopic (exact) mass is 673 g/mol. The van der Waals surface area contributed by atoms with E-state index in [0.717, 1.165) is 72.8 Å². The number of imidazole rings is 2. The summed E-state index contributed by atoms with van der Waals surface area (Å²) in [5.41, 5.74) is 6.72. The number of nitrogens with zero attached hydrogens (tertiary/aromatic N) is 3. The van der Waals surface area contributed by atoms with Gasteiger partial charge in [0, 0.05) is 25.6 Å². The molecule has 0 radical (unpaired) electrons. The lowest BCUT2D eigenvalue weighted by atomic mass is 9.97. The van der Waals surface area contributed by atoms with Crippen LogP contribution in [-0.4, -0.2) is 70.1 Å². The number of rotatable bonds is 12. The Bertz CT molecular complexity index is 1970. The number of aromatic nitrogens is 4. The van der Waals surface area contributed by atoms with Crippen LogP contribution in [-0.2, 0) is 16.0 Å². The fourth-order valence-electron chi connectivity index (χ4n) is 7.22. The van der Waals surface area contributed by atoms with Crippen molar-refractivity contribution in [3.05, 3.63) is 84.7 Å². The van der Waals surface area contributed by atoms with Gasteiger partial charge in [0.1, 0.15) is 17.7 Å². The summed E-state index contributed by atoms with van der Waals surface area (Å²) in [6.45, 7) is 5.56. The van der Waals surface area contributed by atoms with E-state index in [0.29, 0.717) is 12.6 Å². The summed E-state index contributed by atoms with van der Waals surface area (Å²) < 4.78 is 4.73. The second-order valence-corrected chi connectivity index (χ2v) is 14.5. The average molecular weight is 674 g/mol. The predicted molar refractivity (Wildman–Crippen MR) is 196 cm³/mol. The molecular weight excluding hydrogens is 626 g/mol. The molecule has 1 aliphatic carbocycles. The molecule has 1 saturated heterocycles. The third-order valence-corrected chi connectivity index (χ3v) is 10.5. The van der Waals surface area contributed by atoms with Crippen LogP contribution in [0.5, 0.6) is 0 Å². The molecular formula is C40H47N7O3. The van der Waals surface area contributed by atoms with Crippen molar-refractivity contribution in [3.8, 4) is 33.6 Å². The summed E-state index contributed by atoms with van der Waals surface area (Å²) in [4.78, 5) is 43.1. The number of amides is 2. The first-order valence-electron chi connectivity index (χ1n) is 17.8. The van der Waals surface area contributed by atoms with Gasteiger partial charge in [0.05, 0.1) is 36.9 Å². The van der Waals surface area contributed by atoms with E-state index in [9.17, 15) is 9.59 Å². The maximum absolute atomic E-state index is 13.2. The minimum Gasteiger partial charge on any atom is -0.453 e. The van der Waals surface area contributed by atoms with Crippen molar-refractivity contribution in [3.63, 3.8) is 0 Å². The Hall–Kier alpha value is -4.96. The number of H-pyrrole nitrogens is 2. The van der Waals surface area contributed by atoms with E-state index in [1.807, 2.05) is 33.3 Å². The molecule has 50 heavy (non-hydrogen) atoms. The van der Waals surface area contributed by atoms with Gasteiger partial charge in [-0.25, -0.2) is 14.8 Å². The van der Waals surface area contributed by atoms with Crippen molar-refractivity contribution >= 4 is 22.8 Å². The van der Waals surface area contributed by atoms with Crippen molar-refractivity contribution in [2.45, 2.75) is 64.5 Å². The summed E-state index contributed by atoms with van der Waals surface area (Å²) >= 11 is 0. The van der Waals surface area contributed by atoms with Gasteiger partial charge in [-0.05, 0) is 89.6 Å². The Morgan fingerprint density at radius 3 is 2.26 bits per heavy atom. The first-order valence-corrected chi connectivity index (χ1v) is 17.8. The fraction of sp³-hybridized carbons (Fsp3) is 0.400. The van der Waals surface area contributed by atoms with E-state index >= 15 is 0 Å². The number of aryl methyl sites for hydroxylation is 1. The number of alkyl carbamates (subject to hydrolysis) is 1. The third-order valence-electron chi connectivity index (χ3n) is 10.5. The van der Waals surface area contributed by atoms with E-state index < -0.39 is 12.1 Å². The molecule has 2 aromatic heterocycles. The molecule has 2 fully saturated rings. The molecule has 4 N–H and O–H groups in total. The molecule has 3 heterocycles. The minimum atomic E-state index is -0.614. The predicted octanol–water partition coefficient (Wildman–Crippen LogP) is 7.26. The van der Waals surface area contributed by atoms with Crippen LogP contribution in [0.4, 0.5) is 4.79 Å². The summed E-state index contributed by atoms with van der Waals surface area (Å²) in [6, 6.07) is 21.6. The first-order chi connectivity index (χ1) is 24.2. The quantitative estimate of drug-likeness (QED) is 0.110. The van der Waals surface area contributed by atoms with Gasteiger partial charge in [-0.15, -0.1) is 0 Å². The number of hydrogen-bond donors (Lipinski definition) is 4. The molecule has 260 valence electrons. The molecule has 2 amide bonds. The van der Waals surface area contributed by atoms with Gasteiger partial charge in [-0.2, -0.15) is 0 Å². The van der Waals surface area contributed by atoms with Gasteiger partial charge >= 0.3 is 6.09 Å². The van der Waals surface area contributed by atoms with Crippen molar-refractivity contribution < 1.29 is 14.3 Å². The summed E-state index contributed by atoms with van der Waals surface area (Å²) in [5, 5.41) is 8.56. The highest BCUT2D eigenvalue weighted by atomic mass is 16.5. The Morgan fingerprint density at radius 2 is 1.58 bits per heavy atom. The number of ether oxygens (including phenoxy) is 1. The van der Waals surface area contributed by atoms with Crippen LogP contribution < -0.4 is 10.6 Å². The Kier molecular flexibility index (Phi) is 9.46. The van der Waals surface area contributed by atoms with Crippen LogP contribution in [0.15, 0.2) is 73.1 Å². The van der Waals surface area contributed by atoms with Crippen LogP contribution >= 0.6 is 0 Å². The largest absolute Gasteiger partial charge is 0.453 e. The highest BCUT2D eigenvalue weighted by Gasteiger charge is 2.44. The zero-order chi connectivity index (χ0) is 34.8. The molecule has 1 aliphatic heterocycles. The van der Waals surface area contributed by atoms with Crippen molar-refractivity contribution in [2.75, 3.05) is 27.2 Å². The maximum Gasteiger partial charge on any atom is 0.407 e. The van der Waals surface area contributed by atoms with Crippen LogP contribution in [0, 0.1) is 11.3 Å². The number of likely N-dealkylation sites (N-methyl/N-ethyl adjacent to an activating group) is 1. The van der Waals surface area contributed by atoms with E-state index in [-0.39, 0.29) is 17.2 Å². The van der Waals surface area contributed by atoms with Gasteiger partial charge in [0.25, 0.3) is 0 Å². The number of fused-ring (bicyclic) bond motifs is 1. The smallest absolute Gasteiger partial charge is 0.407 e. The molecule has 1 saturated carbocycles. The molecule has 2 atom stereocenters. The highest BCUT2D eigenvalue weighted by Crippen LogP contribution is 2.50. The Balaban J connectivity index is 0.966. The minimum absolute atomic E-state index is 0.0447. The second kappa shape index (κ2) is 14.1. The molecule has 5 aromatic rings. The van der Waals surface area contributed by atoms with E-state index in [2.05, 4.69) is 86.2 Å². The summed E-state index contributed by atoms with van der Waals surface area (Å²) in [6.07, 6.45) is 9.50. The zero-order valence-corrected chi connectivity index (χ0v) is 29.4. The number of nitrogens with one attached hydrogen (secondary N) is 4. The van der Waals surface area contributed by atoms with Gasteiger partial charge in [-0.1, -0.05) is 62.4 Å². The fourth-order valence-corrected chi connectivity index (χ4v) is 7.22. The number of carbonyl (C=O) groups is 2. The molecule has 0 spiro atoms. The van der Waals surface area contributed by atoms with Crippen molar-refractivity contribution in [1.29, 1.82) is 0 Å². The van der Waals surface area contributed by atoms with Crippen molar-refractivity contribution in [1.82, 2.24) is 35.5 Å². The lowest BCUT2D eigenvalue weighted by molar-refractivity contribution is -0.133. The summed E-state index contributed by atoms with van der Waals surface area (Å²) in [7, 11) is 3.13. The highest BCUT2D eigenvalue weighted by molar-refractivity contribution is 5.90. The molecule has 0 bridgehead atoms. The molecule has 2 aliphatic rings. The number of aromatic amines is 2. The van der Waals surface area contributed by atoms with Crippen LogP contribution in [0.1, 0.15) is 63.6 Å². The lowest BCUT2D eigenvalue weighted by Crippen LogP contribution is -2.51. The van der Waals surface area contributed by atoms with Gasteiger partial charge < -0.3 is 30.2 Å². The van der Waals surface area contributed by atoms with Gasteiger partial charge in [-0.3, -0.25) is 4.79 Å². The van der Waals surface area contributed by atoms with E-state index in [4.69, 9.17) is 9.72 Å². The first kappa shape index (κ1) is 33.5. The molecule has 3 aromatic carbocycles. The standard InChI is InChI=1S/C40H47N7O3/c1-25(2)36(46-39(49)50-4)38(48)47(3)24-40(17-18-40)16-15-35-42-22-34(44-35)31-14-13-29-20-28(11-12-30(29)21-31)26-7-9-27(10-8-26)33-23-43-37(45-33)32-6-5-19-41-32/h7-14,20-23,25,32,36,41H,5-6,15-19,24H2,1-4H3,(H,42,44)(H,43,45)(H,46,49)/t32-,36-/m0/s1. The van der Waals surface area contributed by atoms with Crippen LogP contribution in [0.25, 0.3) is 44.4 Å². The maximum atomic E-state index is 13.2. The molecule has 7 rings (SSSR count). The number of methoxy groups -OCH3 is 1. The second-order valence-electron chi connectivity index (χ2n) is 14.5. The number of hydrogen-bond acceptors (Lipinski definition) is 6. The van der Waals surface area contributed by atoms with E-state index in [1.54, 1.807) is 4.90 Å². The topological polar surface area (TPSA) is 128 Å². The van der Waals surface area contributed by atoms with Gasteiger partial charge in [0.2, 0.25) is 5.91 Å². The Labute approximate surface area is 293 Å². The molecule has 0 unspecified atom stereocenters. The molecule has 10 heteroatoms. The normalized spacial score (nSPS) is 17.2. The van der Waals surface area contributed by atoms with Crippen molar-refractivity contribution in [2.24, 2.45) is 11.3 Å². The van der Waals surface area contributed by atoms with E-state index in [1.165, 1.54) is 35.4 Å². The SMILES string of the molecule is COC(=O)N[C@H](C(=O)N(C)CC1(CCc2ncc(-c3ccc4cc(-c5ccc(-c6cnc([C@@H]7CCCN7)[nH]6)cc5)ccc4c3)[nH]2)CC1)C(C)C.